The van der Waals surface area contributed by atoms with Gasteiger partial charge in [-0.15, -0.1) is 10.2 Å². The van der Waals surface area contributed by atoms with Crippen LogP contribution >= 0.6 is 11.8 Å². The Bertz CT molecular complexity index is 1180. The minimum absolute atomic E-state index is 0.135. The van der Waals surface area contributed by atoms with Crippen LogP contribution in [0.25, 0.3) is 0 Å². The van der Waals surface area contributed by atoms with Crippen LogP contribution in [0.1, 0.15) is 11.4 Å². The van der Waals surface area contributed by atoms with E-state index in [0.717, 1.165) is 11.3 Å². The molecule has 7 nitrogen and oxygen atoms in total. The van der Waals surface area contributed by atoms with Crippen LogP contribution < -0.4 is 14.8 Å². The minimum Gasteiger partial charge on any atom is -0.497 e. The van der Waals surface area contributed by atoms with Gasteiger partial charge >= 0.3 is 0 Å². The Morgan fingerprint density at radius 3 is 2.42 bits per heavy atom. The molecule has 0 bridgehead atoms. The Kier molecular flexibility index (Phi) is 7.60. The highest BCUT2D eigenvalue weighted by Gasteiger charge is 2.16. The lowest BCUT2D eigenvalue weighted by Gasteiger charge is -2.11. The number of benzene rings is 3. The summed E-state index contributed by atoms with van der Waals surface area (Å²) in [5.41, 5.74) is 1.79. The molecule has 3 aromatic carbocycles. The fraction of sp³-hybridized carbons (Fsp3) is 0.160. The smallest absolute Gasteiger partial charge is 0.234 e. The molecule has 0 atom stereocenters. The van der Waals surface area contributed by atoms with Gasteiger partial charge in [-0.1, -0.05) is 66.4 Å². The lowest BCUT2D eigenvalue weighted by atomic mass is 10.2. The van der Waals surface area contributed by atoms with E-state index in [9.17, 15) is 4.79 Å². The second-order valence-corrected chi connectivity index (χ2v) is 8.08. The van der Waals surface area contributed by atoms with E-state index in [1.54, 1.807) is 13.2 Å². The van der Waals surface area contributed by atoms with Gasteiger partial charge in [-0.25, -0.2) is 0 Å². The van der Waals surface area contributed by atoms with Gasteiger partial charge in [0.2, 0.25) is 5.91 Å². The Morgan fingerprint density at radius 1 is 0.939 bits per heavy atom. The second kappa shape index (κ2) is 11.2. The molecular formula is C25H24N4O3S. The van der Waals surface area contributed by atoms with E-state index in [1.165, 1.54) is 11.8 Å². The zero-order chi connectivity index (χ0) is 22.9. The van der Waals surface area contributed by atoms with Crippen molar-refractivity contribution in [3.05, 3.63) is 96.3 Å². The van der Waals surface area contributed by atoms with Crippen LogP contribution in [0.15, 0.2) is 90.1 Å². The van der Waals surface area contributed by atoms with E-state index in [4.69, 9.17) is 9.47 Å². The molecule has 8 heteroatoms. The number of anilines is 1. The average Bonchev–Trinajstić information content (AvgIpc) is 3.24. The van der Waals surface area contributed by atoms with E-state index in [2.05, 4.69) is 15.5 Å². The minimum atomic E-state index is -0.135. The summed E-state index contributed by atoms with van der Waals surface area (Å²) in [7, 11) is 1.59. The van der Waals surface area contributed by atoms with Gasteiger partial charge < -0.3 is 14.8 Å². The van der Waals surface area contributed by atoms with Crippen LogP contribution in [0.4, 0.5) is 5.69 Å². The largest absolute Gasteiger partial charge is 0.497 e. The van der Waals surface area contributed by atoms with Gasteiger partial charge in [0.05, 0.1) is 19.4 Å². The number of amides is 1. The van der Waals surface area contributed by atoms with Crippen molar-refractivity contribution in [1.82, 2.24) is 14.8 Å². The van der Waals surface area contributed by atoms with Crippen molar-refractivity contribution < 1.29 is 14.3 Å². The van der Waals surface area contributed by atoms with Gasteiger partial charge in [-0.2, -0.15) is 0 Å². The Labute approximate surface area is 196 Å². The van der Waals surface area contributed by atoms with Crippen molar-refractivity contribution in [1.29, 1.82) is 0 Å². The highest BCUT2D eigenvalue weighted by atomic mass is 32.2. The summed E-state index contributed by atoms with van der Waals surface area (Å²) < 4.78 is 13.1. The molecule has 0 saturated heterocycles. The Morgan fingerprint density at radius 2 is 1.67 bits per heavy atom. The van der Waals surface area contributed by atoms with E-state index < -0.39 is 0 Å². The number of rotatable bonds is 10. The number of carbonyl (C=O) groups is 1. The number of hydrogen-bond donors (Lipinski definition) is 1. The van der Waals surface area contributed by atoms with E-state index in [1.807, 2.05) is 83.4 Å². The van der Waals surface area contributed by atoms with Gasteiger partial charge in [-0.05, 0) is 29.8 Å². The fourth-order valence-electron chi connectivity index (χ4n) is 3.15. The van der Waals surface area contributed by atoms with Gasteiger partial charge in [0.15, 0.2) is 11.0 Å². The highest BCUT2D eigenvalue weighted by Crippen LogP contribution is 2.22. The maximum atomic E-state index is 12.5. The van der Waals surface area contributed by atoms with Crippen molar-refractivity contribution in [2.45, 2.75) is 18.3 Å². The summed E-state index contributed by atoms with van der Waals surface area (Å²) in [4.78, 5) is 12.5. The molecule has 168 valence electrons. The van der Waals surface area contributed by atoms with Crippen molar-refractivity contribution in [2.75, 3.05) is 18.2 Å². The molecule has 1 N–H and O–H groups in total. The fourth-order valence-corrected chi connectivity index (χ4v) is 3.91. The van der Waals surface area contributed by atoms with Crippen molar-refractivity contribution in [2.24, 2.45) is 0 Å². The number of thioether (sulfide) groups is 1. The molecule has 0 aliphatic rings. The average molecular weight is 461 g/mol. The zero-order valence-electron chi connectivity index (χ0n) is 18.2. The zero-order valence-corrected chi connectivity index (χ0v) is 19.0. The first-order valence-corrected chi connectivity index (χ1v) is 11.4. The molecule has 0 unspecified atom stereocenters. The molecule has 0 fully saturated rings. The van der Waals surface area contributed by atoms with Crippen LogP contribution in [0, 0.1) is 0 Å². The van der Waals surface area contributed by atoms with Crippen LogP contribution in [-0.4, -0.2) is 33.5 Å². The van der Waals surface area contributed by atoms with Crippen molar-refractivity contribution >= 4 is 23.4 Å². The van der Waals surface area contributed by atoms with Crippen LogP contribution in [0.5, 0.6) is 11.5 Å². The maximum Gasteiger partial charge on any atom is 0.234 e. The van der Waals surface area contributed by atoms with Gasteiger partial charge in [0.25, 0.3) is 0 Å². The summed E-state index contributed by atoms with van der Waals surface area (Å²) in [5, 5.41) is 12.2. The molecule has 0 aliphatic heterocycles. The van der Waals surface area contributed by atoms with E-state index >= 15 is 0 Å². The van der Waals surface area contributed by atoms with Gasteiger partial charge in [-0.3, -0.25) is 9.36 Å². The third-order valence-electron chi connectivity index (χ3n) is 4.77. The molecule has 4 aromatic rings. The summed E-state index contributed by atoms with van der Waals surface area (Å²) in [6, 6.07) is 26.9. The lowest BCUT2D eigenvalue weighted by Crippen LogP contribution is -2.15. The molecule has 0 spiro atoms. The molecule has 0 aliphatic carbocycles. The van der Waals surface area contributed by atoms with Crippen LogP contribution in [-0.2, 0) is 17.9 Å². The quantitative estimate of drug-likeness (QED) is 0.347. The van der Waals surface area contributed by atoms with Crippen molar-refractivity contribution in [3.8, 4) is 11.5 Å². The topological polar surface area (TPSA) is 78.3 Å². The number of nitrogens with one attached hydrogen (secondary N) is 1. The first-order valence-electron chi connectivity index (χ1n) is 10.4. The highest BCUT2D eigenvalue weighted by molar-refractivity contribution is 7.99. The molecule has 0 radical (unpaired) electrons. The summed E-state index contributed by atoms with van der Waals surface area (Å²) >= 11 is 1.34. The predicted octanol–water partition coefficient (Wildman–Crippen LogP) is 4.64. The molecule has 1 amide bonds. The Hall–Kier alpha value is -3.78. The van der Waals surface area contributed by atoms with Gasteiger partial charge in [0, 0.05) is 11.8 Å². The van der Waals surface area contributed by atoms with E-state index in [-0.39, 0.29) is 18.3 Å². The monoisotopic (exact) mass is 460 g/mol. The molecular weight excluding hydrogens is 436 g/mol. The second-order valence-electron chi connectivity index (χ2n) is 7.14. The van der Waals surface area contributed by atoms with Gasteiger partial charge in [0.1, 0.15) is 18.1 Å². The maximum absolute atomic E-state index is 12.5. The van der Waals surface area contributed by atoms with Crippen LogP contribution in [0.3, 0.4) is 0 Å². The number of carbonyl (C=O) groups excluding carboxylic acids is 1. The third-order valence-corrected chi connectivity index (χ3v) is 5.74. The first-order chi connectivity index (χ1) is 16.2. The summed E-state index contributed by atoms with van der Waals surface area (Å²) in [6.07, 6.45) is 0. The lowest BCUT2D eigenvalue weighted by molar-refractivity contribution is -0.113. The number of ether oxygens (including phenoxy) is 2. The number of para-hydroxylation sites is 1. The standard InChI is InChI=1S/C25H24N4O3S/c1-31-22-14-8-11-20(15-22)26-24(30)18-33-25-28-27-23(17-32-21-12-6-3-7-13-21)29(25)16-19-9-4-2-5-10-19/h2-15H,16-18H2,1H3,(H,26,30). The summed E-state index contributed by atoms with van der Waals surface area (Å²) in [5.74, 6) is 2.21. The number of hydrogen-bond acceptors (Lipinski definition) is 6. The van der Waals surface area contributed by atoms with Crippen molar-refractivity contribution in [3.63, 3.8) is 0 Å². The molecule has 33 heavy (non-hydrogen) atoms. The SMILES string of the molecule is COc1cccc(NC(=O)CSc2nnc(COc3ccccc3)n2Cc2ccccc2)c1. The van der Waals surface area contributed by atoms with E-state index in [0.29, 0.717) is 29.0 Å². The summed E-state index contributed by atoms with van der Waals surface area (Å²) in [6.45, 7) is 0.863. The molecule has 1 heterocycles. The molecule has 0 saturated carbocycles. The Balaban J connectivity index is 1.45. The molecule has 1 aromatic heterocycles. The number of aromatic nitrogens is 3. The predicted molar refractivity (Wildman–Crippen MR) is 129 cm³/mol. The number of nitrogens with zero attached hydrogens (tertiary/aromatic N) is 3. The normalized spacial score (nSPS) is 10.6. The number of methoxy groups -OCH3 is 1. The van der Waals surface area contributed by atoms with Crippen LogP contribution in [0.2, 0.25) is 0 Å². The molecule has 4 rings (SSSR count). The first kappa shape index (κ1) is 22.4. The third kappa shape index (κ3) is 6.36.